The summed E-state index contributed by atoms with van der Waals surface area (Å²) >= 11 is 0. The number of nitrogens with one attached hydrogen (secondary N) is 2. The molecule has 2 rings (SSSR count). The van der Waals surface area contributed by atoms with Crippen LogP contribution in [0.25, 0.3) is 0 Å². The van der Waals surface area contributed by atoms with Gasteiger partial charge in [-0.1, -0.05) is 30.3 Å². The first-order chi connectivity index (χ1) is 11.9. The molecule has 0 bridgehead atoms. The van der Waals surface area contributed by atoms with E-state index in [9.17, 15) is 13.2 Å². The lowest BCUT2D eigenvalue weighted by Gasteiger charge is -2.14. The van der Waals surface area contributed by atoms with Gasteiger partial charge in [-0.05, 0) is 23.8 Å². The van der Waals surface area contributed by atoms with Crippen LogP contribution in [0.4, 0.5) is 13.2 Å². The summed E-state index contributed by atoms with van der Waals surface area (Å²) in [6.45, 7) is 0.875. The number of hydrogen-bond acceptors (Lipinski definition) is 2. The third kappa shape index (κ3) is 6.40. The van der Waals surface area contributed by atoms with Crippen molar-refractivity contribution in [1.82, 2.24) is 10.6 Å². The van der Waals surface area contributed by atoms with Gasteiger partial charge in [-0.2, -0.15) is 13.2 Å². The van der Waals surface area contributed by atoms with Crippen molar-refractivity contribution in [3.8, 4) is 5.75 Å². The van der Waals surface area contributed by atoms with E-state index in [2.05, 4.69) is 15.6 Å². The molecule has 0 atom stereocenters. The summed E-state index contributed by atoms with van der Waals surface area (Å²) in [5.41, 5.74) is 1.05. The van der Waals surface area contributed by atoms with Crippen LogP contribution in [0.5, 0.6) is 5.75 Å². The Balaban J connectivity index is 0.00000338. The molecule has 0 saturated heterocycles. The first-order valence-electron chi connectivity index (χ1n) is 7.66. The Morgan fingerprint density at radius 3 is 2.19 bits per heavy atom. The van der Waals surface area contributed by atoms with Crippen LogP contribution in [0.15, 0.2) is 53.5 Å². The SMILES string of the molecule is CN=C(NCc1ccc(C(F)(F)F)cc1)NCc1ccccc1OC.I. The van der Waals surface area contributed by atoms with Gasteiger partial charge < -0.3 is 15.4 Å². The number of rotatable bonds is 5. The standard InChI is InChI=1S/C18H20F3N3O.HI/c1-22-17(24-12-14-5-3-4-6-16(14)25-2)23-11-13-7-9-15(10-8-13)18(19,20)21;/h3-10H,11-12H2,1-2H3,(H2,22,23,24);1H. The van der Waals surface area contributed by atoms with Gasteiger partial charge in [0.25, 0.3) is 0 Å². The molecule has 0 aromatic heterocycles. The zero-order valence-corrected chi connectivity index (χ0v) is 16.8. The van der Waals surface area contributed by atoms with Gasteiger partial charge in [-0.25, -0.2) is 0 Å². The molecule has 142 valence electrons. The minimum Gasteiger partial charge on any atom is -0.496 e. The molecule has 26 heavy (non-hydrogen) atoms. The summed E-state index contributed by atoms with van der Waals surface area (Å²) < 4.78 is 43.0. The molecule has 0 saturated carbocycles. The van der Waals surface area contributed by atoms with Crippen LogP contribution in [-0.4, -0.2) is 20.1 Å². The first kappa shape index (κ1) is 22.1. The average Bonchev–Trinajstić information content (AvgIpc) is 2.61. The summed E-state index contributed by atoms with van der Waals surface area (Å²) in [5, 5.41) is 6.21. The highest BCUT2D eigenvalue weighted by molar-refractivity contribution is 14.0. The minimum atomic E-state index is -4.32. The van der Waals surface area contributed by atoms with E-state index in [1.807, 2.05) is 24.3 Å². The van der Waals surface area contributed by atoms with Gasteiger partial charge in [0.15, 0.2) is 5.96 Å². The molecule has 0 spiro atoms. The number of hydrogen-bond donors (Lipinski definition) is 2. The van der Waals surface area contributed by atoms with Gasteiger partial charge in [-0.15, -0.1) is 24.0 Å². The maximum Gasteiger partial charge on any atom is 0.416 e. The summed E-state index contributed by atoms with van der Waals surface area (Å²) in [5.74, 6) is 1.32. The third-order valence-corrected chi connectivity index (χ3v) is 3.60. The Morgan fingerprint density at radius 2 is 1.62 bits per heavy atom. The molecular weight excluding hydrogens is 458 g/mol. The number of aliphatic imine (C=N–C) groups is 1. The second kappa shape index (κ2) is 10.2. The number of nitrogens with zero attached hydrogens (tertiary/aromatic N) is 1. The quantitative estimate of drug-likeness (QED) is 0.384. The molecule has 2 aromatic carbocycles. The van der Waals surface area contributed by atoms with Crippen molar-refractivity contribution in [1.29, 1.82) is 0 Å². The Kier molecular flexibility index (Phi) is 8.70. The second-order valence-corrected chi connectivity index (χ2v) is 5.29. The van der Waals surface area contributed by atoms with Crippen molar-refractivity contribution in [2.75, 3.05) is 14.2 Å². The predicted molar refractivity (Wildman–Crippen MR) is 107 cm³/mol. The second-order valence-electron chi connectivity index (χ2n) is 5.29. The van der Waals surface area contributed by atoms with E-state index < -0.39 is 11.7 Å². The number of methoxy groups -OCH3 is 1. The van der Waals surface area contributed by atoms with Crippen LogP contribution in [-0.2, 0) is 19.3 Å². The molecule has 2 aromatic rings. The summed E-state index contributed by atoms with van der Waals surface area (Å²) in [6, 6.07) is 12.7. The molecule has 0 unspecified atom stereocenters. The fraction of sp³-hybridized carbons (Fsp3) is 0.278. The van der Waals surface area contributed by atoms with Crippen molar-refractivity contribution in [3.05, 3.63) is 65.2 Å². The third-order valence-electron chi connectivity index (χ3n) is 3.60. The molecule has 0 heterocycles. The van der Waals surface area contributed by atoms with Crippen molar-refractivity contribution in [2.24, 2.45) is 4.99 Å². The largest absolute Gasteiger partial charge is 0.496 e. The van der Waals surface area contributed by atoms with Crippen LogP contribution in [0.1, 0.15) is 16.7 Å². The minimum absolute atomic E-state index is 0. The lowest BCUT2D eigenvalue weighted by molar-refractivity contribution is -0.137. The molecule has 0 aliphatic carbocycles. The van der Waals surface area contributed by atoms with E-state index in [0.717, 1.165) is 29.0 Å². The molecular formula is C18H21F3IN3O. The Morgan fingerprint density at radius 1 is 1.00 bits per heavy atom. The highest BCUT2D eigenvalue weighted by Crippen LogP contribution is 2.29. The molecule has 0 radical (unpaired) electrons. The molecule has 0 aliphatic rings. The number of ether oxygens (including phenoxy) is 1. The van der Waals surface area contributed by atoms with Crippen LogP contribution >= 0.6 is 24.0 Å². The van der Waals surface area contributed by atoms with Crippen molar-refractivity contribution >= 4 is 29.9 Å². The number of halogens is 4. The summed E-state index contributed by atoms with van der Waals surface area (Å²) in [6.07, 6.45) is -4.32. The van der Waals surface area contributed by atoms with Crippen LogP contribution in [0, 0.1) is 0 Å². The molecule has 8 heteroatoms. The van der Waals surface area contributed by atoms with E-state index in [4.69, 9.17) is 4.74 Å². The number of guanidine groups is 1. The summed E-state index contributed by atoms with van der Waals surface area (Å²) in [7, 11) is 3.24. The van der Waals surface area contributed by atoms with E-state index >= 15 is 0 Å². The molecule has 0 amide bonds. The fourth-order valence-corrected chi connectivity index (χ4v) is 2.25. The monoisotopic (exact) mass is 479 g/mol. The van der Waals surface area contributed by atoms with Gasteiger partial charge >= 0.3 is 6.18 Å². The predicted octanol–water partition coefficient (Wildman–Crippen LogP) is 4.20. The maximum atomic E-state index is 12.6. The highest BCUT2D eigenvalue weighted by atomic mass is 127. The lowest BCUT2D eigenvalue weighted by Crippen LogP contribution is -2.36. The topological polar surface area (TPSA) is 45.7 Å². The van der Waals surface area contributed by atoms with Gasteiger partial charge in [0, 0.05) is 25.7 Å². The average molecular weight is 479 g/mol. The van der Waals surface area contributed by atoms with E-state index in [0.29, 0.717) is 19.0 Å². The Bertz CT molecular complexity index is 718. The van der Waals surface area contributed by atoms with Crippen LogP contribution in [0.3, 0.4) is 0 Å². The normalized spacial score (nSPS) is 11.5. The number of benzene rings is 2. The van der Waals surface area contributed by atoms with Gasteiger partial charge in [0.05, 0.1) is 12.7 Å². The molecule has 4 nitrogen and oxygen atoms in total. The van der Waals surface area contributed by atoms with Crippen molar-refractivity contribution in [3.63, 3.8) is 0 Å². The molecule has 0 fully saturated rings. The van der Waals surface area contributed by atoms with Gasteiger partial charge in [0.2, 0.25) is 0 Å². The molecule has 2 N–H and O–H groups in total. The van der Waals surface area contributed by atoms with Crippen molar-refractivity contribution in [2.45, 2.75) is 19.3 Å². The van der Waals surface area contributed by atoms with E-state index in [1.165, 1.54) is 12.1 Å². The highest BCUT2D eigenvalue weighted by Gasteiger charge is 2.29. The Hall–Kier alpha value is -1.97. The fourth-order valence-electron chi connectivity index (χ4n) is 2.25. The first-order valence-corrected chi connectivity index (χ1v) is 7.66. The van der Waals surface area contributed by atoms with Gasteiger partial charge in [-0.3, -0.25) is 4.99 Å². The lowest BCUT2D eigenvalue weighted by atomic mass is 10.1. The Labute approximate surface area is 167 Å². The smallest absolute Gasteiger partial charge is 0.416 e. The van der Waals surface area contributed by atoms with E-state index in [-0.39, 0.29) is 24.0 Å². The van der Waals surface area contributed by atoms with Gasteiger partial charge in [0.1, 0.15) is 5.75 Å². The van der Waals surface area contributed by atoms with E-state index in [1.54, 1.807) is 14.2 Å². The summed E-state index contributed by atoms with van der Waals surface area (Å²) in [4.78, 5) is 4.10. The van der Waals surface area contributed by atoms with Crippen molar-refractivity contribution < 1.29 is 17.9 Å². The zero-order chi connectivity index (χ0) is 18.3. The zero-order valence-electron chi connectivity index (χ0n) is 14.4. The molecule has 0 aliphatic heterocycles. The maximum absolute atomic E-state index is 12.6. The number of para-hydroxylation sites is 1. The van der Waals surface area contributed by atoms with Crippen LogP contribution < -0.4 is 15.4 Å². The van der Waals surface area contributed by atoms with Crippen LogP contribution in [0.2, 0.25) is 0 Å². The number of alkyl halides is 3.